The molecule has 0 aliphatic rings. The Kier molecular flexibility index (Phi) is 5.99. The molecule has 124 valence electrons. The number of carbonyl (C=O) groups is 1. The van der Waals surface area contributed by atoms with E-state index in [0.717, 1.165) is 11.3 Å². The van der Waals surface area contributed by atoms with Gasteiger partial charge < -0.3 is 20.5 Å². The number of rotatable bonds is 7. The molecular weight excluding hydrogens is 296 g/mol. The van der Waals surface area contributed by atoms with Crippen LogP contribution in [0.5, 0.6) is 5.75 Å². The molecule has 0 saturated heterocycles. The molecule has 2 rings (SSSR count). The molecule has 7 heteroatoms. The van der Waals surface area contributed by atoms with Crippen LogP contribution in [-0.2, 0) is 6.54 Å². The molecular formula is C16H22N4O3. The van der Waals surface area contributed by atoms with E-state index < -0.39 is 6.10 Å². The lowest BCUT2D eigenvalue weighted by Gasteiger charge is -2.17. The van der Waals surface area contributed by atoms with Crippen molar-refractivity contribution in [2.45, 2.75) is 25.6 Å². The number of hydrogen-bond acceptors (Lipinski definition) is 4. The van der Waals surface area contributed by atoms with Crippen LogP contribution < -0.4 is 15.4 Å². The highest BCUT2D eigenvalue weighted by Gasteiger charge is 2.11. The minimum absolute atomic E-state index is 0.0759. The maximum Gasteiger partial charge on any atom is 0.315 e. The van der Waals surface area contributed by atoms with Crippen molar-refractivity contribution >= 4 is 6.03 Å². The second-order valence-corrected chi connectivity index (χ2v) is 5.27. The Morgan fingerprint density at radius 3 is 2.74 bits per heavy atom. The summed E-state index contributed by atoms with van der Waals surface area (Å²) in [6, 6.07) is 8.51. The maximum absolute atomic E-state index is 11.8. The molecule has 0 aliphatic carbocycles. The van der Waals surface area contributed by atoms with Gasteiger partial charge in [-0.1, -0.05) is 12.1 Å². The molecule has 2 atom stereocenters. The van der Waals surface area contributed by atoms with Crippen molar-refractivity contribution < 1.29 is 14.6 Å². The van der Waals surface area contributed by atoms with Crippen molar-refractivity contribution in [2.75, 3.05) is 13.7 Å². The summed E-state index contributed by atoms with van der Waals surface area (Å²) < 4.78 is 6.81. The van der Waals surface area contributed by atoms with Crippen molar-refractivity contribution in [1.29, 1.82) is 0 Å². The zero-order valence-corrected chi connectivity index (χ0v) is 13.3. The molecule has 3 N–H and O–H groups in total. The Hall–Kier alpha value is -2.54. The van der Waals surface area contributed by atoms with Crippen LogP contribution in [0.25, 0.3) is 0 Å². The largest absolute Gasteiger partial charge is 0.497 e. The average Bonchev–Trinajstić information content (AvgIpc) is 3.05. The summed E-state index contributed by atoms with van der Waals surface area (Å²) >= 11 is 0. The van der Waals surface area contributed by atoms with E-state index in [1.807, 2.05) is 19.2 Å². The summed E-state index contributed by atoms with van der Waals surface area (Å²) in [6.07, 6.45) is 2.76. The molecule has 0 aliphatic heterocycles. The molecule has 0 radical (unpaired) electrons. The fourth-order valence-electron chi connectivity index (χ4n) is 2.14. The second kappa shape index (κ2) is 8.19. The van der Waals surface area contributed by atoms with Gasteiger partial charge >= 0.3 is 6.03 Å². The van der Waals surface area contributed by atoms with Crippen molar-refractivity contribution in [3.8, 4) is 5.75 Å². The van der Waals surface area contributed by atoms with Crippen molar-refractivity contribution in [2.24, 2.45) is 0 Å². The number of aliphatic hydroxyl groups excluding tert-OH is 1. The molecule has 0 saturated carbocycles. The molecule has 0 unspecified atom stereocenters. The smallest absolute Gasteiger partial charge is 0.315 e. The zero-order chi connectivity index (χ0) is 16.7. The molecule has 0 bridgehead atoms. The summed E-state index contributed by atoms with van der Waals surface area (Å²) in [5.74, 6) is 0.721. The first-order valence-electron chi connectivity index (χ1n) is 7.42. The lowest BCUT2D eigenvalue weighted by Crippen LogP contribution is -2.43. The number of hydrogen-bond donors (Lipinski definition) is 3. The number of aromatic nitrogens is 2. The van der Waals surface area contributed by atoms with Crippen LogP contribution in [-0.4, -0.2) is 40.6 Å². The van der Waals surface area contributed by atoms with E-state index >= 15 is 0 Å². The predicted molar refractivity (Wildman–Crippen MR) is 86.2 cm³/mol. The van der Waals surface area contributed by atoms with Crippen LogP contribution in [0.15, 0.2) is 42.7 Å². The van der Waals surface area contributed by atoms with E-state index in [1.165, 1.54) is 0 Å². The number of urea groups is 1. The number of nitrogens with zero attached hydrogens (tertiary/aromatic N) is 2. The van der Waals surface area contributed by atoms with E-state index in [2.05, 4.69) is 15.7 Å². The fourth-order valence-corrected chi connectivity index (χ4v) is 2.14. The number of benzene rings is 1. The summed E-state index contributed by atoms with van der Waals surface area (Å²) in [6.45, 7) is 2.61. The van der Waals surface area contributed by atoms with Gasteiger partial charge in [-0.05, 0) is 30.7 Å². The van der Waals surface area contributed by atoms with Crippen LogP contribution >= 0.6 is 0 Å². The first kappa shape index (κ1) is 16.8. The summed E-state index contributed by atoms with van der Waals surface area (Å²) in [4.78, 5) is 11.8. The number of carbonyl (C=O) groups excluding carboxylic acids is 1. The van der Waals surface area contributed by atoms with E-state index in [-0.39, 0.29) is 18.6 Å². The molecule has 2 amide bonds. The molecule has 1 aromatic heterocycles. The van der Waals surface area contributed by atoms with E-state index in [0.29, 0.717) is 6.54 Å². The molecule has 0 fully saturated rings. The quantitative estimate of drug-likeness (QED) is 0.718. The number of aliphatic hydroxyl groups is 1. The first-order valence-corrected chi connectivity index (χ1v) is 7.42. The first-order chi connectivity index (χ1) is 11.1. The zero-order valence-electron chi connectivity index (χ0n) is 13.3. The molecule has 1 heterocycles. The lowest BCUT2D eigenvalue weighted by molar-refractivity contribution is 0.172. The van der Waals surface area contributed by atoms with Gasteiger partial charge in [-0.15, -0.1) is 0 Å². The third kappa shape index (κ3) is 5.30. The molecule has 0 spiro atoms. The summed E-state index contributed by atoms with van der Waals surface area (Å²) in [7, 11) is 1.59. The Balaban J connectivity index is 1.74. The Bertz CT molecular complexity index is 598. The van der Waals surface area contributed by atoms with Crippen LogP contribution in [0, 0.1) is 0 Å². The number of nitrogens with one attached hydrogen (secondary N) is 2. The molecule has 7 nitrogen and oxygen atoms in total. The van der Waals surface area contributed by atoms with Gasteiger partial charge in [-0.3, -0.25) is 4.68 Å². The Morgan fingerprint density at radius 2 is 2.13 bits per heavy atom. The highest BCUT2D eigenvalue weighted by atomic mass is 16.5. The van der Waals surface area contributed by atoms with Crippen molar-refractivity contribution in [3.63, 3.8) is 0 Å². The van der Waals surface area contributed by atoms with Gasteiger partial charge in [-0.2, -0.15) is 5.10 Å². The molecule has 2 aromatic rings. The van der Waals surface area contributed by atoms with E-state index in [1.54, 1.807) is 42.3 Å². The SMILES string of the molecule is COc1ccc([C@@H](O)CNC(=O)N[C@H](C)Cn2cccn2)cc1. The third-order valence-corrected chi connectivity index (χ3v) is 3.35. The van der Waals surface area contributed by atoms with Gasteiger partial charge in [0.1, 0.15) is 5.75 Å². The monoisotopic (exact) mass is 318 g/mol. The standard InChI is InChI=1S/C16H22N4O3/c1-12(11-20-9-3-8-18-20)19-16(22)17-10-15(21)13-4-6-14(23-2)7-5-13/h3-9,12,15,21H,10-11H2,1-2H3,(H2,17,19,22)/t12-,15+/m1/s1. The normalized spacial score (nSPS) is 13.2. The van der Waals surface area contributed by atoms with Crippen LogP contribution in [0.4, 0.5) is 4.79 Å². The lowest BCUT2D eigenvalue weighted by atomic mass is 10.1. The van der Waals surface area contributed by atoms with Gasteiger partial charge in [0.2, 0.25) is 0 Å². The number of ether oxygens (including phenoxy) is 1. The summed E-state index contributed by atoms with van der Waals surface area (Å²) in [5, 5.41) is 19.6. The topological polar surface area (TPSA) is 88.4 Å². The van der Waals surface area contributed by atoms with Gasteiger partial charge in [0, 0.05) is 25.0 Å². The van der Waals surface area contributed by atoms with Gasteiger partial charge in [0.25, 0.3) is 0 Å². The highest BCUT2D eigenvalue weighted by Crippen LogP contribution is 2.16. The van der Waals surface area contributed by atoms with E-state index in [4.69, 9.17) is 4.74 Å². The van der Waals surface area contributed by atoms with Crippen molar-refractivity contribution in [1.82, 2.24) is 20.4 Å². The second-order valence-electron chi connectivity index (χ2n) is 5.27. The van der Waals surface area contributed by atoms with Crippen molar-refractivity contribution in [3.05, 3.63) is 48.3 Å². The third-order valence-electron chi connectivity index (χ3n) is 3.35. The van der Waals surface area contributed by atoms with Crippen LogP contribution in [0.1, 0.15) is 18.6 Å². The number of methoxy groups -OCH3 is 1. The predicted octanol–water partition coefficient (Wildman–Crippen LogP) is 1.31. The minimum Gasteiger partial charge on any atom is -0.497 e. The minimum atomic E-state index is -0.770. The maximum atomic E-state index is 11.8. The van der Waals surface area contributed by atoms with Crippen LogP contribution in [0.2, 0.25) is 0 Å². The fraction of sp³-hybridized carbons (Fsp3) is 0.375. The van der Waals surface area contributed by atoms with Gasteiger partial charge in [0.05, 0.1) is 19.8 Å². The number of amides is 2. The average molecular weight is 318 g/mol. The molecule has 1 aromatic carbocycles. The van der Waals surface area contributed by atoms with Gasteiger partial charge in [0.15, 0.2) is 0 Å². The van der Waals surface area contributed by atoms with Gasteiger partial charge in [-0.25, -0.2) is 4.79 Å². The Morgan fingerprint density at radius 1 is 1.39 bits per heavy atom. The highest BCUT2D eigenvalue weighted by molar-refractivity contribution is 5.74. The van der Waals surface area contributed by atoms with Crippen LogP contribution in [0.3, 0.4) is 0 Å². The molecule has 23 heavy (non-hydrogen) atoms. The summed E-state index contributed by atoms with van der Waals surface area (Å²) in [5.41, 5.74) is 0.718. The van der Waals surface area contributed by atoms with E-state index in [9.17, 15) is 9.90 Å². The Labute approximate surface area is 135 Å².